The van der Waals surface area contributed by atoms with E-state index >= 15 is 8.78 Å². The van der Waals surface area contributed by atoms with Gasteiger partial charge in [0, 0.05) is 5.56 Å². The normalized spacial score (nSPS) is 21.9. The summed E-state index contributed by atoms with van der Waals surface area (Å²) in [5, 5.41) is 0. The number of hydrogen-bond acceptors (Lipinski definition) is 2. The number of allylic oxidation sites excluding steroid dienone is 1. The van der Waals surface area contributed by atoms with Crippen LogP contribution in [0.4, 0.5) is 13.2 Å². The lowest BCUT2D eigenvalue weighted by Gasteiger charge is -2.29. The second-order valence-electron chi connectivity index (χ2n) is 9.49. The lowest BCUT2D eigenvalue weighted by Crippen LogP contribution is -2.20. The van der Waals surface area contributed by atoms with Crippen molar-refractivity contribution < 1.29 is 22.6 Å². The maximum Gasteiger partial charge on any atom is 0.166 e. The predicted octanol–water partition coefficient (Wildman–Crippen LogP) is 8.23. The molecule has 1 saturated carbocycles. The van der Waals surface area contributed by atoms with Crippen molar-refractivity contribution >= 4 is 6.08 Å². The van der Waals surface area contributed by atoms with E-state index in [1.165, 1.54) is 6.07 Å². The molecular formula is C30H29F3O2. The molecule has 3 aromatic carbocycles. The first-order valence-electron chi connectivity index (χ1n) is 12.3. The van der Waals surface area contributed by atoms with Gasteiger partial charge in [-0.25, -0.2) is 13.2 Å². The van der Waals surface area contributed by atoms with E-state index < -0.39 is 11.6 Å². The Morgan fingerprint density at radius 3 is 2.31 bits per heavy atom. The summed E-state index contributed by atoms with van der Waals surface area (Å²) in [4.78, 5) is 0. The van der Waals surface area contributed by atoms with Gasteiger partial charge in [0.25, 0.3) is 0 Å². The molecule has 0 aromatic heterocycles. The summed E-state index contributed by atoms with van der Waals surface area (Å²) in [5.41, 5.74) is 3.23. The molecular weight excluding hydrogens is 449 g/mol. The molecule has 35 heavy (non-hydrogen) atoms. The van der Waals surface area contributed by atoms with Crippen LogP contribution >= 0.6 is 0 Å². The van der Waals surface area contributed by atoms with E-state index in [-0.39, 0.29) is 35.1 Å². The summed E-state index contributed by atoms with van der Waals surface area (Å²) in [6, 6.07) is 15.8. The molecule has 2 nitrogen and oxygen atoms in total. The van der Waals surface area contributed by atoms with Gasteiger partial charge in [-0.3, -0.25) is 0 Å². The van der Waals surface area contributed by atoms with Gasteiger partial charge in [-0.1, -0.05) is 54.6 Å². The maximum atomic E-state index is 15.1. The third kappa shape index (κ3) is 5.30. The summed E-state index contributed by atoms with van der Waals surface area (Å²) in [5.74, 6) is -1.43. The number of benzene rings is 3. The van der Waals surface area contributed by atoms with Gasteiger partial charge in [0.2, 0.25) is 0 Å². The molecule has 1 unspecified atom stereocenters. The van der Waals surface area contributed by atoms with Crippen molar-refractivity contribution in [1.82, 2.24) is 0 Å². The summed E-state index contributed by atoms with van der Waals surface area (Å²) >= 11 is 0. The molecule has 1 aliphatic carbocycles. The zero-order valence-corrected chi connectivity index (χ0v) is 19.8. The highest BCUT2D eigenvalue weighted by Crippen LogP contribution is 2.39. The van der Waals surface area contributed by atoms with Crippen LogP contribution in [0.3, 0.4) is 0 Å². The van der Waals surface area contributed by atoms with Crippen molar-refractivity contribution in [2.75, 3.05) is 13.2 Å². The fourth-order valence-corrected chi connectivity index (χ4v) is 4.99. The topological polar surface area (TPSA) is 21.8 Å². The summed E-state index contributed by atoms with van der Waals surface area (Å²) in [6.07, 6.45) is 7.07. The largest absolute Gasteiger partial charge is 0.490 e. The Bertz CT molecular complexity index is 1210. The first-order chi connectivity index (χ1) is 17.0. The highest BCUT2D eigenvalue weighted by Gasteiger charge is 2.28. The Kier molecular flexibility index (Phi) is 6.96. The van der Waals surface area contributed by atoms with Crippen LogP contribution in [0.15, 0.2) is 60.7 Å². The number of halogens is 3. The van der Waals surface area contributed by atoms with Crippen molar-refractivity contribution in [1.29, 1.82) is 0 Å². The van der Waals surface area contributed by atoms with Gasteiger partial charge in [0.15, 0.2) is 23.2 Å². The Labute approximate surface area is 204 Å². The Balaban J connectivity index is 1.19. The Morgan fingerprint density at radius 1 is 0.914 bits per heavy atom. The van der Waals surface area contributed by atoms with Crippen molar-refractivity contribution in [2.45, 2.75) is 44.6 Å². The van der Waals surface area contributed by atoms with Crippen LogP contribution in [0.25, 0.3) is 17.2 Å². The molecule has 1 aliphatic heterocycles. The van der Waals surface area contributed by atoms with Crippen LogP contribution in [0.2, 0.25) is 0 Å². The quantitative estimate of drug-likeness (QED) is 0.319. The third-order valence-electron chi connectivity index (χ3n) is 7.12. The van der Waals surface area contributed by atoms with Crippen LogP contribution in [0, 0.1) is 23.4 Å². The number of hydrogen-bond donors (Lipinski definition) is 0. The van der Waals surface area contributed by atoms with Crippen LogP contribution < -0.4 is 4.74 Å². The van der Waals surface area contributed by atoms with E-state index in [2.05, 4.69) is 0 Å². The first-order valence-corrected chi connectivity index (χ1v) is 12.3. The van der Waals surface area contributed by atoms with E-state index in [0.717, 1.165) is 36.8 Å². The minimum Gasteiger partial charge on any atom is -0.490 e. The summed E-state index contributed by atoms with van der Waals surface area (Å²) < 4.78 is 55.3. The molecule has 0 spiro atoms. The van der Waals surface area contributed by atoms with Gasteiger partial charge < -0.3 is 9.47 Å². The standard InChI is InChI=1S/C30H29F3O2/c1-2-3-19-4-8-21(9-5-19)24-13-14-25(30(33)29(24)32)22-10-6-20(7-11-22)17-34-27-15-12-23(16-26(27)31)28-18-35-28/h2-5,8-9,12-16,20,22,28H,6-7,10-11,17-18H2,1H3/b3-2+. The van der Waals surface area contributed by atoms with Crippen LogP contribution in [0.1, 0.15) is 61.3 Å². The molecule has 0 radical (unpaired) electrons. The van der Waals surface area contributed by atoms with Gasteiger partial charge in [-0.15, -0.1) is 0 Å². The number of ether oxygens (including phenoxy) is 2. The van der Waals surface area contributed by atoms with E-state index in [1.54, 1.807) is 18.2 Å². The van der Waals surface area contributed by atoms with E-state index in [4.69, 9.17) is 9.47 Å². The highest BCUT2D eigenvalue weighted by atomic mass is 19.2. The highest BCUT2D eigenvalue weighted by molar-refractivity contribution is 5.67. The van der Waals surface area contributed by atoms with Gasteiger partial charge in [0.1, 0.15) is 6.10 Å². The number of rotatable bonds is 7. The van der Waals surface area contributed by atoms with E-state index in [9.17, 15) is 4.39 Å². The van der Waals surface area contributed by atoms with Crippen LogP contribution in [-0.2, 0) is 4.74 Å². The molecule has 3 aromatic rings. The summed E-state index contributed by atoms with van der Waals surface area (Å²) in [7, 11) is 0. The summed E-state index contributed by atoms with van der Waals surface area (Å²) in [6.45, 7) is 2.99. The first kappa shape index (κ1) is 23.7. The number of epoxide rings is 1. The molecule has 5 heteroatoms. The Morgan fingerprint density at radius 2 is 1.66 bits per heavy atom. The minimum atomic E-state index is -0.790. The maximum absolute atomic E-state index is 15.1. The lowest BCUT2D eigenvalue weighted by molar-refractivity contribution is 0.193. The predicted molar refractivity (Wildman–Crippen MR) is 132 cm³/mol. The van der Waals surface area contributed by atoms with Crippen molar-refractivity contribution in [3.8, 4) is 16.9 Å². The van der Waals surface area contributed by atoms with Gasteiger partial charge >= 0.3 is 0 Å². The fraction of sp³-hybridized carbons (Fsp3) is 0.333. The second kappa shape index (κ2) is 10.3. The third-order valence-corrected chi connectivity index (χ3v) is 7.12. The fourth-order valence-electron chi connectivity index (χ4n) is 4.99. The smallest absolute Gasteiger partial charge is 0.166 e. The average molecular weight is 479 g/mol. The molecule has 1 saturated heterocycles. The van der Waals surface area contributed by atoms with Crippen molar-refractivity contribution in [3.63, 3.8) is 0 Å². The molecule has 5 rings (SSSR count). The van der Waals surface area contributed by atoms with Crippen LogP contribution in [0.5, 0.6) is 5.75 Å². The molecule has 0 bridgehead atoms. The molecule has 182 valence electrons. The van der Waals surface area contributed by atoms with Crippen molar-refractivity contribution in [3.05, 3.63) is 94.8 Å². The minimum absolute atomic E-state index is 0.0110. The lowest BCUT2D eigenvalue weighted by atomic mass is 9.78. The van der Waals surface area contributed by atoms with E-state index in [0.29, 0.717) is 24.3 Å². The molecule has 0 N–H and O–H groups in total. The molecule has 0 amide bonds. The average Bonchev–Trinajstić information content (AvgIpc) is 3.72. The van der Waals surface area contributed by atoms with Gasteiger partial charge in [0.05, 0.1) is 13.2 Å². The van der Waals surface area contributed by atoms with E-state index in [1.807, 2.05) is 49.4 Å². The molecule has 2 aliphatic rings. The van der Waals surface area contributed by atoms with Crippen molar-refractivity contribution in [2.24, 2.45) is 5.92 Å². The monoisotopic (exact) mass is 478 g/mol. The van der Waals surface area contributed by atoms with Gasteiger partial charge in [-0.2, -0.15) is 0 Å². The SMILES string of the molecule is C/C=C/c1ccc(-c2ccc(C3CCC(COc4ccc(C5CO5)cc4F)CC3)c(F)c2F)cc1. The van der Waals surface area contributed by atoms with Gasteiger partial charge in [-0.05, 0) is 78.8 Å². The Hall–Kier alpha value is -3.05. The molecule has 1 atom stereocenters. The second-order valence-corrected chi connectivity index (χ2v) is 9.49. The zero-order chi connectivity index (χ0) is 24.4. The zero-order valence-electron chi connectivity index (χ0n) is 19.8. The molecule has 1 heterocycles. The molecule has 2 fully saturated rings. The van der Waals surface area contributed by atoms with Crippen LogP contribution in [-0.4, -0.2) is 13.2 Å².